The van der Waals surface area contributed by atoms with E-state index in [0.717, 1.165) is 37.6 Å². The molecule has 0 N–H and O–H groups in total. The largest absolute Gasteiger partial charge is 0.457 e. The van der Waals surface area contributed by atoms with Crippen LogP contribution in [0.15, 0.2) is 48.5 Å². The van der Waals surface area contributed by atoms with E-state index in [0.29, 0.717) is 24.0 Å². The molecule has 2 saturated heterocycles. The van der Waals surface area contributed by atoms with Crippen molar-refractivity contribution in [1.82, 2.24) is 0 Å². The van der Waals surface area contributed by atoms with E-state index in [9.17, 15) is 0 Å². The summed E-state index contributed by atoms with van der Waals surface area (Å²) in [7, 11) is 0. The maximum absolute atomic E-state index is 6.84. The summed E-state index contributed by atoms with van der Waals surface area (Å²) in [5, 5.41) is 0. The highest BCUT2D eigenvalue weighted by atomic mass is 16.6. The van der Waals surface area contributed by atoms with Crippen molar-refractivity contribution >= 4 is 0 Å². The molecular formula is C36H54O3. The Morgan fingerprint density at radius 2 is 0.974 bits per heavy atom. The van der Waals surface area contributed by atoms with E-state index in [1.54, 1.807) is 0 Å². The van der Waals surface area contributed by atoms with Gasteiger partial charge in [0.25, 0.3) is 0 Å². The standard InChI is InChI=1S/C36H54O3/c1-3-5-7-9-11-13-19-29(25-31-27-37-31)33-21-15-17-23-35(33)39-36-24-18-16-22-34(36)30(26-32-28-38-32)20-14-12-10-8-6-4-2/h15-18,21-24,29-32H,3-14,19-20,25-28H2,1-2H3. The molecule has 0 spiro atoms. The summed E-state index contributed by atoms with van der Waals surface area (Å²) in [5.41, 5.74) is 2.71. The highest BCUT2D eigenvalue weighted by molar-refractivity contribution is 5.44. The summed E-state index contributed by atoms with van der Waals surface area (Å²) in [6.07, 6.45) is 21.5. The molecule has 0 bridgehead atoms. The molecule has 0 amide bonds. The fraction of sp³-hybridized carbons (Fsp3) is 0.667. The topological polar surface area (TPSA) is 34.3 Å². The molecule has 0 radical (unpaired) electrons. The maximum atomic E-state index is 6.84. The molecule has 2 fully saturated rings. The molecule has 4 unspecified atom stereocenters. The average Bonchev–Trinajstić information content (AvgIpc) is 3.89. The lowest BCUT2D eigenvalue weighted by Crippen LogP contribution is -2.07. The van der Waals surface area contributed by atoms with Crippen molar-refractivity contribution in [3.63, 3.8) is 0 Å². The molecule has 2 aromatic rings. The fourth-order valence-corrected chi connectivity index (χ4v) is 6.13. The minimum Gasteiger partial charge on any atom is -0.457 e. The van der Waals surface area contributed by atoms with Crippen LogP contribution in [0.3, 0.4) is 0 Å². The lowest BCUT2D eigenvalue weighted by atomic mass is 9.87. The summed E-state index contributed by atoms with van der Waals surface area (Å²) in [4.78, 5) is 0. The minimum absolute atomic E-state index is 0.427. The molecule has 2 aromatic carbocycles. The lowest BCUT2D eigenvalue weighted by Gasteiger charge is -2.23. The average molecular weight is 535 g/mol. The van der Waals surface area contributed by atoms with Crippen molar-refractivity contribution in [3.05, 3.63) is 59.7 Å². The predicted molar refractivity (Wildman–Crippen MR) is 163 cm³/mol. The van der Waals surface area contributed by atoms with Crippen molar-refractivity contribution in [1.29, 1.82) is 0 Å². The van der Waals surface area contributed by atoms with Gasteiger partial charge in [0.2, 0.25) is 0 Å². The predicted octanol–water partition coefficient (Wildman–Crippen LogP) is 10.7. The first kappa shape index (κ1) is 30.1. The third-order valence-corrected chi connectivity index (χ3v) is 8.65. The zero-order chi connectivity index (χ0) is 27.1. The molecule has 3 nitrogen and oxygen atoms in total. The minimum atomic E-state index is 0.427. The first-order chi connectivity index (χ1) is 19.3. The molecule has 0 saturated carbocycles. The van der Waals surface area contributed by atoms with Gasteiger partial charge in [-0.25, -0.2) is 0 Å². The number of epoxide rings is 2. The van der Waals surface area contributed by atoms with Gasteiger partial charge in [-0.2, -0.15) is 0 Å². The Hall–Kier alpha value is -1.84. The fourth-order valence-electron chi connectivity index (χ4n) is 6.13. The first-order valence-electron chi connectivity index (χ1n) is 16.4. The number of benzene rings is 2. The van der Waals surface area contributed by atoms with Gasteiger partial charge in [-0.1, -0.05) is 127 Å². The van der Waals surface area contributed by atoms with Crippen molar-refractivity contribution in [2.24, 2.45) is 0 Å². The molecule has 3 heteroatoms. The van der Waals surface area contributed by atoms with Gasteiger partial charge in [-0.15, -0.1) is 0 Å². The smallest absolute Gasteiger partial charge is 0.130 e. The van der Waals surface area contributed by atoms with Gasteiger partial charge in [0.1, 0.15) is 11.5 Å². The molecule has 216 valence electrons. The van der Waals surface area contributed by atoms with Gasteiger partial charge in [0.15, 0.2) is 0 Å². The molecular weight excluding hydrogens is 480 g/mol. The third-order valence-electron chi connectivity index (χ3n) is 8.65. The summed E-state index contributed by atoms with van der Waals surface area (Å²) in [6, 6.07) is 17.6. The highest BCUT2D eigenvalue weighted by Gasteiger charge is 2.30. The van der Waals surface area contributed by atoms with Gasteiger partial charge in [0, 0.05) is 0 Å². The monoisotopic (exact) mass is 534 g/mol. The first-order valence-corrected chi connectivity index (χ1v) is 16.4. The zero-order valence-corrected chi connectivity index (χ0v) is 24.9. The van der Waals surface area contributed by atoms with Gasteiger partial charge in [-0.05, 0) is 60.8 Å². The van der Waals surface area contributed by atoms with E-state index in [1.807, 2.05) is 0 Å². The van der Waals surface area contributed by atoms with E-state index in [2.05, 4.69) is 62.4 Å². The van der Waals surface area contributed by atoms with E-state index < -0.39 is 0 Å². The van der Waals surface area contributed by atoms with Crippen LogP contribution in [0.2, 0.25) is 0 Å². The Morgan fingerprint density at radius 3 is 1.38 bits per heavy atom. The molecule has 0 aromatic heterocycles. The Kier molecular flexibility index (Phi) is 13.2. The maximum Gasteiger partial charge on any atom is 0.130 e. The van der Waals surface area contributed by atoms with Crippen LogP contribution in [-0.4, -0.2) is 25.4 Å². The second-order valence-electron chi connectivity index (χ2n) is 12.1. The molecule has 2 heterocycles. The van der Waals surface area contributed by atoms with Crippen molar-refractivity contribution in [3.8, 4) is 11.5 Å². The zero-order valence-electron chi connectivity index (χ0n) is 24.9. The van der Waals surface area contributed by atoms with Crippen LogP contribution in [0.4, 0.5) is 0 Å². The number of para-hydroxylation sites is 2. The lowest BCUT2D eigenvalue weighted by molar-refractivity contribution is 0.363. The molecule has 39 heavy (non-hydrogen) atoms. The highest BCUT2D eigenvalue weighted by Crippen LogP contribution is 2.42. The van der Waals surface area contributed by atoms with Crippen molar-refractivity contribution in [2.45, 2.75) is 141 Å². The summed E-state index contributed by atoms with van der Waals surface area (Å²) >= 11 is 0. The van der Waals surface area contributed by atoms with Crippen LogP contribution in [0.5, 0.6) is 11.5 Å². The number of ether oxygens (including phenoxy) is 3. The SMILES string of the molecule is CCCCCCCCC(CC1CO1)c1ccccc1Oc1ccccc1C(CCCCCCCC)CC1CO1. The normalized spacial score (nSPS) is 19.5. The summed E-state index contributed by atoms with van der Waals surface area (Å²) < 4.78 is 18.2. The molecule has 2 aliphatic rings. The van der Waals surface area contributed by atoms with E-state index >= 15 is 0 Å². The Labute approximate surface area is 239 Å². The second-order valence-corrected chi connectivity index (χ2v) is 12.1. The van der Waals surface area contributed by atoms with E-state index in [1.165, 1.54) is 101 Å². The van der Waals surface area contributed by atoms with Crippen LogP contribution in [0.1, 0.15) is 140 Å². The van der Waals surface area contributed by atoms with E-state index in [4.69, 9.17) is 14.2 Å². The third kappa shape index (κ3) is 10.9. The number of hydrogen-bond donors (Lipinski definition) is 0. The molecule has 4 atom stereocenters. The Balaban J connectivity index is 1.44. The number of unbranched alkanes of at least 4 members (excludes halogenated alkanes) is 10. The van der Waals surface area contributed by atoms with Crippen LogP contribution in [0, 0.1) is 0 Å². The summed E-state index contributed by atoms with van der Waals surface area (Å²) in [6.45, 7) is 6.42. The van der Waals surface area contributed by atoms with E-state index in [-0.39, 0.29) is 0 Å². The molecule has 4 rings (SSSR count). The summed E-state index contributed by atoms with van der Waals surface area (Å²) in [5.74, 6) is 3.04. The van der Waals surface area contributed by atoms with Crippen LogP contribution < -0.4 is 4.74 Å². The molecule has 0 aliphatic carbocycles. The van der Waals surface area contributed by atoms with Gasteiger partial charge in [0.05, 0.1) is 25.4 Å². The van der Waals surface area contributed by atoms with Gasteiger partial charge >= 0.3 is 0 Å². The van der Waals surface area contributed by atoms with Crippen molar-refractivity contribution < 1.29 is 14.2 Å². The molecule has 2 aliphatic heterocycles. The Morgan fingerprint density at radius 1 is 0.590 bits per heavy atom. The van der Waals surface area contributed by atoms with Gasteiger partial charge < -0.3 is 14.2 Å². The van der Waals surface area contributed by atoms with Gasteiger partial charge in [-0.3, -0.25) is 0 Å². The van der Waals surface area contributed by atoms with Crippen molar-refractivity contribution in [2.75, 3.05) is 13.2 Å². The second kappa shape index (κ2) is 17.1. The van der Waals surface area contributed by atoms with Crippen LogP contribution in [-0.2, 0) is 9.47 Å². The quantitative estimate of drug-likeness (QED) is 0.111. The van der Waals surface area contributed by atoms with Crippen LogP contribution in [0.25, 0.3) is 0 Å². The number of rotatable bonds is 22. The Bertz CT molecular complexity index is 857. The van der Waals surface area contributed by atoms with Crippen LogP contribution >= 0.6 is 0 Å². The number of hydrogen-bond acceptors (Lipinski definition) is 3.